The molecule has 1 aromatic carbocycles. The van der Waals surface area contributed by atoms with E-state index in [1.54, 1.807) is 17.2 Å². The second kappa shape index (κ2) is 5.27. The smallest absolute Gasteiger partial charge is 0.270 e. The number of benzene rings is 1. The van der Waals surface area contributed by atoms with Gasteiger partial charge in [-0.1, -0.05) is 44.2 Å². The molecule has 0 spiro atoms. The first-order chi connectivity index (χ1) is 10.9. The third-order valence-corrected chi connectivity index (χ3v) is 5.14. The van der Waals surface area contributed by atoms with Gasteiger partial charge in [-0.3, -0.25) is 4.79 Å². The summed E-state index contributed by atoms with van der Waals surface area (Å²) < 4.78 is 0. The van der Waals surface area contributed by atoms with E-state index in [1.165, 1.54) is 5.56 Å². The van der Waals surface area contributed by atoms with E-state index in [0.29, 0.717) is 17.8 Å². The minimum absolute atomic E-state index is 0.00330. The molecule has 0 radical (unpaired) electrons. The fourth-order valence-electron chi connectivity index (χ4n) is 3.59. The number of H-pyrrole nitrogens is 1. The molecule has 0 unspecified atom stereocenters. The molecule has 23 heavy (non-hydrogen) atoms. The zero-order chi connectivity index (χ0) is 16.7. The van der Waals surface area contributed by atoms with Crippen molar-refractivity contribution in [3.05, 3.63) is 59.4 Å². The van der Waals surface area contributed by atoms with Crippen molar-refractivity contribution in [2.45, 2.75) is 25.7 Å². The standard InChI is InChI=1S/C19H21N3O/c1-18(2)12-19(18,15-7-5-4-6-8-15)13-22(3)17(23)16-9-14(10-20)11-21-16/h4-9,11,21H,12-13H2,1-3H3/t19-/m1/s1. The summed E-state index contributed by atoms with van der Waals surface area (Å²) in [5.41, 5.74) is 2.41. The second-order valence-corrected chi connectivity index (χ2v) is 7.08. The zero-order valence-electron chi connectivity index (χ0n) is 13.8. The van der Waals surface area contributed by atoms with Crippen molar-refractivity contribution in [1.82, 2.24) is 9.88 Å². The molecule has 1 amide bonds. The highest BCUT2D eigenvalue weighted by Crippen LogP contribution is 2.64. The Kier molecular flexibility index (Phi) is 3.52. The van der Waals surface area contributed by atoms with Gasteiger partial charge in [0.2, 0.25) is 0 Å². The van der Waals surface area contributed by atoms with Crippen molar-refractivity contribution < 1.29 is 4.79 Å². The summed E-state index contributed by atoms with van der Waals surface area (Å²) in [5.74, 6) is -0.0792. The fraction of sp³-hybridized carbons (Fsp3) is 0.368. The predicted octanol–water partition coefficient (Wildman–Crippen LogP) is 3.33. The molecular weight excluding hydrogens is 286 g/mol. The first-order valence-electron chi connectivity index (χ1n) is 7.79. The van der Waals surface area contributed by atoms with Gasteiger partial charge in [-0.2, -0.15) is 5.26 Å². The lowest BCUT2D eigenvalue weighted by molar-refractivity contribution is 0.0770. The Bertz CT molecular complexity index is 769. The summed E-state index contributed by atoms with van der Waals surface area (Å²) in [4.78, 5) is 17.3. The zero-order valence-corrected chi connectivity index (χ0v) is 13.8. The van der Waals surface area contributed by atoms with Gasteiger partial charge in [0.05, 0.1) is 5.56 Å². The number of hydrogen-bond acceptors (Lipinski definition) is 2. The number of aromatic amines is 1. The number of aromatic nitrogens is 1. The van der Waals surface area contributed by atoms with E-state index in [-0.39, 0.29) is 16.7 Å². The maximum Gasteiger partial charge on any atom is 0.270 e. The number of carbonyl (C=O) groups is 1. The van der Waals surface area contributed by atoms with E-state index in [4.69, 9.17) is 5.26 Å². The van der Waals surface area contributed by atoms with Crippen molar-refractivity contribution in [2.75, 3.05) is 13.6 Å². The molecule has 0 bridgehead atoms. The molecule has 4 nitrogen and oxygen atoms in total. The first-order valence-corrected chi connectivity index (χ1v) is 7.79. The Morgan fingerprint density at radius 2 is 2.00 bits per heavy atom. The Hall–Kier alpha value is -2.54. The van der Waals surface area contributed by atoms with Gasteiger partial charge in [-0.15, -0.1) is 0 Å². The summed E-state index contributed by atoms with van der Waals surface area (Å²) >= 11 is 0. The van der Waals surface area contributed by atoms with Crippen LogP contribution in [0.15, 0.2) is 42.6 Å². The Labute approximate surface area is 136 Å². The number of hydrogen-bond donors (Lipinski definition) is 1. The third-order valence-electron chi connectivity index (χ3n) is 5.14. The number of likely N-dealkylation sites (N-methyl/N-ethyl adjacent to an activating group) is 1. The third kappa shape index (κ3) is 2.53. The summed E-state index contributed by atoms with van der Waals surface area (Å²) in [6.45, 7) is 5.17. The first kappa shape index (κ1) is 15.4. The second-order valence-electron chi connectivity index (χ2n) is 7.08. The summed E-state index contributed by atoms with van der Waals surface area (Å²) in [6, 6.07) is 14.1. The van der Waals surface area contributed by atoms with E-state index in [1.807, 2.05) is 19.2 Å². The molecule has 2 aromatic rings. The van der Waals surface area contributed by atoms with E-state index in [0.717, 1.165) is 6.42 Å². The van der Waals surface area contributed by atoms with Crippen LogP contribution in [0.3, 0.4) is 0 Å². The van der Waals surface area contributed by atoms with Crippen LogP contribution in [-0.4, -0.2) is 29.4 Å². The summed E-state index contributed by atoms with van der Waals surface area (Å²) in [7, 11) is 1.83. The fourth-order valence-corrected chi connectivity index (χ4v) is 3.59. The van der Waals surface area contributed by atoms with Crippen molar-refractivity contribution in [2.24, 2.45) is 5.41 Å². The van der Waals surface area contributed by atoms with E-state index < -0.39 is 0 Å². The molecule has 4 heteroatoms. The molecule has 1 aliphatic rings. The molecule has 1 saturated carbocycles. The largest absolute Gasteiger partial charge is 0.356 e. The average molecular weight is 307 g/mol. The monoisotopic (exact) mass is 307 g/mol. The van der Waals surface area contributed by atoms with Crippen LogP contribution >= 0.6 is 0 Å². The van der Waals surface area contributed by atoms with Crippen LogP contribution in [0.2, 0.25) is 0 Å². The van der Waals surface area contributed by atoms with Gasteiger partial charge in [0.1, 0.15) is 11.8 Å². The quantitative estimate of drug-likeness (QED) is 0.942. The molecule has 1 heterocycles. The normalized spacial score (nSPS) is 21.5. The van der Waals surface area contributed by atoms with Gasteiger partial charge in [-0.25, -0.2) is 0 Å². The molecular formula is C19H21N3O. The van der Waals surface area contributed by atoms with E-state index >= 15 is 0 Å². The molecule has 1 atom stereocenters. The number of rotatable bonds is 4. The summed E-state index contributed by atoms with van der Waals surface area (Å²) in [5, 5.41) is 8.89. The highest BCUT2D eigenvalue weighted by atomic mass is 16.2. The van der Waals surface area contributed by atoms with Crippen molar-refractivity contribution >= 4 is 5.91 Å². The van der Waals surface area contributed by atoms with E-state index in [9.17, 15) is 4.79 Å². The number of amides is 1. The average Bonchev–Trinajstić information content (AvgIpc) is 2.91. The van der Waals surface area contributed by atoms with Gasteiger partial charge >= 0.3 is 0 Å². The van der Waals surface area contributed by atoms with Crippen LogP contribution < -0.4 is 0 Å². The van der Waals surface area contributed by atoms with Crippen molar-refractivity contribution in [3.63, 3.8) is 0 Å². The Morgan fingerprint density at radius 1 is 1.35 bits per heavy atom. The van der Waals surface area contributed by atoms with Crippen LogP contribution in [0.1, 0.15) is 41.9 Å². The minimum Gasteiger partial charge on any atom is -0.356 e. The minimum atomic E-state index is -0.0792. The van der Waals surface area contributed by atoms with Gasteiger partial charge in [-0.05, 0) is 23.5 Å². The Morgan fingerprint density at radius 3 is 2.52 bits per heavy atom. The van der Waals surface area contributed by atoms with E-state index in [2.05, 4.69) is 43.1 Å². The highest BCUT2D eigenvalue weighted by molar-refractivity contribution is 5.92. The van der Waals surface area contributed by atoms with Gasteiger partial charge in [0.25, 0.3) is 5.91 Å². The van der Waals surface area contributed by atoms with Crippen LogP contribution in [-0.2, 0) is 5.41 Å². The molecule has 0 saturated heterocycles. The van der Waals surface area contributed by atoms with Crippen LogP contribution in [0.25, 0.3) is 0 Å². The number of nitriles is 1. The lowest BCUT2D eigenvalue weighted by Gasteiger charge is -2.27. The molecule has 1 fully saturated rings. The lowest BCUT2D eigenvalue weighted by atomic mass is 9.87. The van der Waals surface area contributed by atoms with Gasteiger partial charge in [0, 0.05) is 25.2 Å². The number of nitrogens with zero attached hydrogens (tertiary/aromatic N) is 2. The molecule has 1 aromatic heterocycles. The maximum atomic E-state index is 12.6. The lowest BCUT2D eigenvalue weighted by Crippen LogP contribution is -2.36. The van der Waals surface area contributed by atoms with Crippen LogP contribution in [0.4, 0.5) is 0 Å². The molecule has 118 valence electrons. The van der Waals surface area contributed by atoms with Crippen LogP contribution in [0.5, 0.6) is 0 Å². The number of carbonyl (C=O) groups excluding carboxylic acids is 1. The molecule has 1 aliphatic carbocycles. The van der Waals surface area contributed by atoms with Gasteiger partial charge < -0.3 is 9.88 Å². The molecule has 0 aliphatic heterocycles. The molecule has 3 rings (SSSR count). The van der Waals surface area contributed by atoms with Crippen molar-refractivity contribution in [3.8, 4) is 6.07 Å². The topological polar surface area (TPSA) is 59.9 Å². The summed E-state index contributed by atoms with van der Waals surface area (Å²) in [6.07, 6.45) is 2.63. The van der Waals surface area contributed by atoms with Crippen molar-refractivity contribution in [1.29, 1.82) is 5.26 Å². The SMILES string of the molecule is CN(C[C@@]1(c2ccccc2)CC1(C)C)C(=O)c1cc(C#N)c[nH]1. The predicted molar refractivity (Wildman–Crippen MR) is 89.0 cm³/mol. The maximum absolute atomic E-state index is 12.6. The van der Waals surface area contributed by atoms with Crippen LogP contribution in [0, 0.1) is 16.7 Å². The highest BCUT2D eigenvalue weighted by Gasteiger charge is 2.62. The number of nitrogens with one attached hydrogen (secondary N) is 1. The molecule has 1 N–H and O–H groups in total. The van der Waals surface area contributed by atoms with Gasteiger partial charge in [0.15, 0.2) is 0 Å². The Balaban J connectivity index is 1.82.